The van der Waals surface area contributed by atoms with Crippen LogP contribution in [-0.4, -0.2) is 50.0 Å². The van der Waals surface area contributed by atoms with E-state index in [9.17, 15) is 19.2 Å². The van der Waals surface area contributed by atoms with E-state index in [2.05, 4.69) is 9.47 Å². The lowest BCUT2D eigenvalue weighted by Crippen LogP contribution is -2.22. The molecule has 0 aliphatic rings. The number of carbonyl (C=O) groups is 4. The van der Waals surface area contributed by atoms with Crippen LogP contribution in [0.15, 0.2) is 0 Å². The smallest absolute Gasteiger partial charge is 0.435 e. The number of hydrogen-bond donors (Lipinski definition) is 0. The number of unbranched alkanes of at least 4 members (excludes halogenated alkanes) is 7. The predicted octanol–water partition coefficient (Wildman–Crippen LogP) is 5.01. The zero-order valence-electron chi connectivity index (χ0n) is 19.7. The first-order valence-corrected chi connectivity index (χ1v) is 11.3. The van der Waals surface area contributed by atoms with Crippen LogP contribution >= 0.6 is 0 Å². The van der Waals surface area contributed by atoms with Crippen molar-refractivity contribution in [1.82, 2.24) is 0 Å². The Hall–Kier alpha value is -2.52. The summed E-state index contributed by atoms with van der Waals surface area (Å²) in [4.78, 5) is 45.6. The van der Waals surface area contributed by atoms with E-state index in [1.807, 2.05) is 0 Å². The van der Waals surface area contributed by atoms with Crippen LogP contribution in [0.1, 0.15) is 91.9 Å². The third-order valence-corrected chi connectivity index (χ3v) is 4.16. The van der Waals surface area contributed by atoms with Crippen LogP contribution in [0.25, 0.3) is 0 Å². The van der Waals surface area contributed by atoms with Crippen LogP contribution in [-0.2, 0) is 38.0 Å². The third kappa shape index (κ3) is 18.3. The van der Waals surface area contributed by atoms with Gasteiger partial charge in [-0.05, 0) is 26.7 Å². The molecule has 0 heterocycles. The molecule has 0 rings (SSSR count). The number of ether oxygens (including phenoxy) is 6. The second-order valence-corrected chi connectivity index (χ2v) is 7.05. The molecular formula is C22H38O10. The van der Waals surface area contributed by atoms with Gasteiger partial charge in [0.15, 0.2) is 0 Å². The molecule has 0 aromatic rings. The molecule has 0 aliphatic heterocycles. The molecule has 0 N–H and O–H groups in total. The topological polar surface area (TPSA) is 124 Å². The number of esters is 2. The monoisotopic (exact) mass is 462 g/mol. The van der Waals surface area contributed by atoms with Crippen molar-refractivity contribution in [2.24, 2.45) is 0 Å². The molecule has 0 fully saturated rings. The van der Waals surface area contributed by atoms with Gasteiger partial charge < -0.3 is 28.4 Å². The summed E-state index contributed by atoms with van der Waals surface area (Å²) in [7, 11) is 0. The average molecular weight is 463 g/mol. The van der Waals surface area contributed by atoms with E-state index in [1.54, 1.807) is 13.8 Å². The molecule has 0 bridgehead atoms. The van der Waals surface area contributed by atoms with Crippen LogP contribution in [0.5, 0.6) is 0 Å². The fourth-order valence-corrected chi connectivity index (χ4v) is 2.71. The van der Waals surface area contributed by atoms with Crippen molar-refractivity contribution >= 4 is 24.2 Å². The summed E-state index contributed by atoms with van der Waals surface area (Å²) in [6.07, 6.45) is 4.25. The summed E-state index contributed by atoms with van der Waals surface area (Å²) in [5, 5.41) is 0. The van der Waals surface area contributed by atoms with Crippen molar-refractivity contribution in [3.63, 3.8) is 0 Å². The second-order valence-electron chi connectivity index (χ2n) is 7.05. The van der Waals surface area contributed by atoms with Crippen molar-refractivity contribution in [1.29, 1.82) is 0 Å². The van der Waals surface area contributed by atoms with Gasteiger partial charge in [-0.1, -0.05) is 38.5 Å². The number of hydrogen-bond acceptors (Lipinski definition) is 10. The molecule has 0 aromatic heterocycles. The molecule has 10 nitrogen and oxygen atoms in total. The van der Waals surface area contributed by atoms with Gasteiger partial charge in [0.1, 0.15) is 0 Å². The van der Waals surface area contributed by atoms with Crippen molar-refractivity contribution < 1.29 is 47.6 Å². The standard InChI is InChI=1S/C22H38O10/c1-5-27-21(25)31-17(3)29-19(23)15-13-11-9-7-8-10-12-14-16-20(24)30-18(4)32-22(26)28-6-2/h17-18H,5-16H2,1-4H3. The Bertz CT molecular complexity index is 501. The zero-order chi connectivity index (χ0) is 24.2. The first kappa shape index (κ1) is 29.5. The molecular weight excluding hydrogens is 424 g/mol. The minimum atomic E-state index is -0.966. The Morgan fingerprint density at radius 2 is 0.844 bits per heavy atom. The Balaban J connectivity index is 3.55. The molecule has 2 unspecified atom stereocenters. The fraction of sp³-hybridized carbons (Fsp3) is 0.818. The van der Waals surface area contributed by atoms with E-state index < -0.39 is 36.8 Å². The SMILES string of the molecule is CCOC(=O)OC(C)OC(=O)CCCCCCCCCCC(=O)OC(C)OC(=O)OCC. The highest BCUT2D eigenvalue weighted by Crippen LogP contribution is 2.12. The highest BCUT2D eigenvalue weighted by molar-refractivity contribution is 5.70. The van der Waals surface area contributed by atoms with Crippen molar-refractivity contribution in [3.05, 3.63) is 0 Å². The van der Waals surface area contributed by atoms with E-state index in [-0.39, 0.29) is 26.1 Å². The molecule has 0 radical (unpaired) electrons. The normalized spacial score (nSPS) is 12.2. The molecule has 0 aliphatic carbocycles. The minimum absolute atomic E-state index is 0.194. The minimum Gasteiger partial charge on any atom is -0.435 e. The maximum absolute atomic E-state index is 11.7. The van der Waals surface area contributed by atoms with Gasteiger partial charge in [0, 0.05) is 26.7 Å². The van der Waals surface area contributed by atoms with E-state index in [4.69, 9.17) is 18.9 Å². The predicted molar refractivity (Wildman–Crippen MR) is 113 cm³/mol. The fourth-order valence-electron chi connectivity index (χ4n) is 2.71. The molecule has 0 aromatic carbocycles. The van der Waals surface area contributed by atoms with Gasteiger partial charge >= 0.3 is 24.2 Å². The lowest BCUT2D eigenvalue weighted by atomic mass is 10.1. The van der Waals surface area contributed by atoms with Crippen LogP contribution in [0, 0.1) is 0 Å². The first-order chi connectivity index (χ1) is 15.3. The molecule has 0 saturated heterocycles. The second kappa shape index (κ2) is 19.2. The van der Waals surface area contributed by atoms with Crippen LogP contribution in [0.2, 0.25) is 0 Å². The summed E-state index contributed by atoms with van der Waals surface area (Å²) >= 11 is 0. The van der Waals surface area contributed by atoms with E-state index in [0.29, 0.717) is 12.8 Å². The quantitative estimate of drug-likeness (QED) is 0.126. The lowest BCUT2D eigenvalue weighted by Gasteiger charge is -2.13. The maximum atomic E-state index is 11.7. The Kier molecular flexibility index (Phi) is 17.7. The Morgan fingerprint density at radius 1 is 0.531 bits per heavy atom. The van der Waals surface area contributed by atoms with Crippen LogP contribution < -0.4 is 0 Å². The van der Waals surface area contributed by atoms with Crippen molar-refractivity contribution in [3.8, 4) is 0 Å². The largest absolute Gasteiger partial charge is 0.511 e. The maximum Gasteiger partial charge on any atom is 0.511 e. The van der Waals surface area contributed by atoms with Crippen LogP contribution in [0.4, 0.5) is 9.59 Å². The van der Waals surface area contributed by atoms with Gasteiger partial charge in [-0.25, -0.2) is 9.59 Å². The number of rotatable bonds is 17. The molecule has 2 atom stereocenters. The summed E-state index contributed by atoms with van der Waals surface area (Å²) < 4.78 is 28.7. The van der Waals surface area contributed by atoms with Gasteiger partial charge in [0.25, 0.3) is 0 Å². The first-order valence-electron chi connectivity index (χ1n) is 11.3. The van der Waals surface area contributed by atoms with Gasteiger partial charge in [-0.2, -0.15) is 0 Å². The molecule has 10 heteroatoms. The number of carbonyl (C=O) groups excluding carboxylic acids is 4. The van der Waals surface area contributed by atoms with Crippen molar-refractivity contribution in [2.45, 2.75) is 104 Å². The van der Waals surface area contributed by atoms with Gasteiger partial charge in [-0.3, -0.25) is 9.59 Å². The third-order valence-electron chi connectivity index (χ3n) is 4.16. The lowest BCUT2D eigenvalue weighted by molar-refractivity contribution is -0.169. The molecule has 32 heavy (non-hydrogen) atoms. The molecule has 186 valence electrons. The highest BCUT2D eigenvalue weighted by Gasteiger charge is 2.15. The molecule has 0 spiro atoms. The molecule has 0 amide bonds. The van der Waals surface area contributed by atoms with Gasteiger partial charge in [0.2, 0.25) is 12.6 Å². The summed E-state index contributed by atoms with van der Waals surface area (Å²) in [6.45, 7) is 6.63. The Morgan fingerprint density at radius 3 is 1.16 bits per heavy atom. The van der Waals surface area contributed by atoms with E-state index >= 15 is 0 Å². The average Bonchev–Trinajstić information content (AvgIpc) is 2.69. The highest BCUT2D eigenvalue weighted by atomic mass is 16.8. The van der Waals surface area contributed by atoms with Gasteiger partial charge in [-0.15, -0.1) is 0 Å². The Labute approximate surface area is 190 Å². The van der Waals surface area contributed by atoms with Crippen LogP contribution in [0.3, 0.4) is 0 Å². The summed E-state index contributed by atoms with van der Waals surface area (Å²) in [5.41, 5.74) is 0. The zero-order valence-corrected chi connectivity index (χ0v) is 19.7. The summed E-state index contributed by atoms with van der Waals surface area (Å²) in [5.74, 6) is -0.814. The molecule has 0 saturated carbocycles. The van der Waals surface area contributed by atoms with Gasteiger partial charge in [0.05, 0.1) is 13.2 Å². The summed E-state index contributed by atoms with van der Waals surface area (Å²) in [6, 6.07) is 0. The van der Waals surface area contributed by atoms with E-state index in [1.165, 1.54) is 13.8 Å². The van der Waals surface area contributed by atoms with Crippen molar-refractivity contribution in [2.75, 3.05) is 13.2 Å². The van der Waals surface area contributed by atoms with E-state index in [0.717, 1.165) is 38.5 Å².